The lowest BCUT2D eigenvalue weighted by atomic mass is 10.1. The van der Waals surface area contributed by atoms with E-state index in [1.807, 2.05) is 30.3 Å². The summed E-state index contributed by atoms with van der Waals surface area (Å²) in [4.78, 5) is 25.5. The number of amides is 2. The van der Waals surface area contributed by atoms with Gasteiger partial charge in [0, 0.05) is 25.2 Å². The SMILES string of the molecule is O=C(Cc1ccc(N2CCCC2=O)cc1)NCCc1cccc(F)c1. The largest absolute Gasteiger partial charge is 0.355 e. The summed E-state index contributed by atoms with van der Waals surface area (Å²) in [5.74, 6) is -0.176. The first-order valence-electron chi connectivity index (χ1n) is 8.52. The van der Waals surface area contributed by atoms with Crippen molar-refractivity contribution >= 4 is 17.5 Å². The molecule has 0 aromatic heterocycles. The molecule has 2 aromatic carbocycles. The molecule has 1 N–H and O–H groups in total. The smallest absolute Gasteiger partial charge is 0.227 e. The maximum atomic E-state index is 13.1. The topological polar surface area (TPSA) is 49.4 Å². The summed E-state index contributed by atoms with van der Waals surface area (Å²) in [7, 11) is 0. The highest BCUT2D eigenvalue weighted by molar-refractivity contribution is 5.95. The van der Waals surface area contributed by atoms with Gasteiger partial charge in [-0.1, -0.05) is 24.3 Å². The van der Waals surface area contributed by atoms with Crippen LogP contribution in [0.15, 0.2) is 48.5 Å². The number of nitrogens with one attached hydrogen (secondary N) is 1. The zero-order valence-electron chi connectivity index (χ0n) is 14.0. The van der Waals surface area contributed by atoms with E-state index in [2.05, 4.69) is 5.32 Å². The lowest BCUT2D eigenvalue weighted by Crippen LogP contribution is -2.27. The fourth-order valence-corrected chi connectivity index (χ4v) is 3.00. The predicted molar refractivity (Wildman–Crippen MR) is 94.8 cm³/mol. The van der Waals surface area contributed by atoms with Crippen LogP contribution < -0.4 is 10.2 Å². The second-order valence-electron chi connectivity index (χ2n) is 6.22. The highest BCUT2D eigenvalue weighted by Crippen LogP contribution is 2.21. The van der Waals surface area contributed by atoms with Crippen molar-refractivity contribution in [1.82, 2.24) is 5.32 Å². The van der Waals surface area contributed by atoms with Gasteiger partial charge in [0.2, 0.25) is 11.8 Å². The average molecular weight is 340 g/mol. The standard InChI is InChI=1S/C20H21FN2O2/c21-17-4-1-3-15(13-17)10-11-22-19(24)14-16-6-8-18(9-7-16)23-12-2-5-20(23)25/h1,3-4,6-9,13H,2,5,10-12,14H2,(H,22,24). The monoisotopic (exact) mass is 340 g/mol. The number of halogens is 1. The molecule has 0 radical (unpaired) electrons. The molecular formula is C20H21FN2O2. The Labute approximate surface area is 146 Å². The first-order chi connectivity index (χ1) is 12.1. The van der Waals surface area contributed by atoms with Gasteiger partial charge in [0.1, 0.15) is 5.82 Å². The summed E-state index contributed by atoms with van der Waals surface area (Å²) >= 11 is 0. The molecule has 130 valence electrons. The minimum Gasteiger partial charge on any atom is -0.355 e. The van der Waals surface area contributed by atoms with Crippen LogP contribution in [-0.2, 0) is 22.4 Å². The van der Waals surface area contributed by atoms with Crippen LogP contribution in [0, 0.1) is 5.82 Å². The highest BCUT2D eigenvalue weighted by Gasteiger charge is 2.21. The third-order valence-corrected chi connectivity index (χ3v) is 4.31. The molecule has 25 heavy (non-hydrogen) atoms. The number of anilines is 1. The molecule has 2 amide bonds. The number of rotatable bonds is 6. The molecule has 3 rings (SSSR count). The van der Waals surface area contributed by atoms with Crippen molar-refractivity contribution in [2.24, 2.45) is 0 Å². The van der Waals surface area contributed by atoms with Crippen molar-refractivity contribution in [3.63, 3.8) is 0 Å². The Balaban J connectivity index is 1.47. The molecule has 0 aliphatic carbocycles. The molecule has 0 unspecified atom stereocenters. The van der Waals surface area contributed by atoms with E-state index in [-0.39, 0.29) is 24.1 Å². The van der Waals surface area contributed by atoms with Gasteiger partial charge in [0.15, 0.2) is 0 Å². The second kappa shape index (κ2) is 7.92. The molecule has 0 saturated carbocycles. The zero-order chi connectivity index (χ0) is 17.6. The Bertz CT molecular complexity index is 759. The molecular weight excluding hydrogens is 319 g/mol. The van der Waals surface area contributed by atoms with Crippen molar-refractivity contribution in [3.05, 3.63) is 65.5 Å². The van der Waals surface area contributed by atoms with Gasteiger partial charge in [-0.05, 0) is 48.2 Å². The fourth-order valence-electron chi connectivity index (χ4n) is 3.00. The molecule has 1 aliphatic heterocycles. The highest BCUT2D eigenvalue weighted by atomic mass is 19.1. The summed E-state index contributed by atoms with van der Waals surface area (Å²) < 4.78 is 13.1. The first-order valence-corrected chi connectivity index (χ1v) is 8.52. The van der Waals surface area contributed by atoms with Crippen LogP contribution in [-0.4, -0.2) is 24.9 Å². The summed E-state index contributed by atoms with van der Waals surface area (Å²) in [6.07, 6.45) is 2.39. The average Bonchev–Trinajstić information content (AvgIpc) is 3.02. The fraction of sp³-hybridized carbons (Fsp3) is 0.300. The minimum atomic E-state index is -0.264. The van der Waals surface area contributed by atoms with Crippen LogP contribution in [0.3, 0.4) is 0 Å². The van der Waals surface area contributed by atoms with Crippen LogP contribution in [0.4, 0.5) is 10.1 Å². The number of carbonyl (C=O) groups is 2. The van der Waals surface area contributed by atoms with Gasteiger partial charge in [-0.2, -0.15) is 0 Å². The van der Waals surface area contributed by atoms with Crippen LogP contribution in [0.2, 0.25) is 0 Å². The van der Waals surface area contributed by atoms with Gasteiger partial charge in [-0.15, -0.1) is 0 Å². The van der Waals surface area contributed by atoms with Gasteiger partial charge < -0.3 is 10.2 Å². The minimum absolute atomic E-state index is 0.0681. The third kappa shape index (κ3) is 4.66. The third-order valence-electron chi connectivity index (χ3n) is 4.31. The number of nitrogens with zero attached hydrogens (tertiary/aromatic N) is 1. The van der Waals surface area contributed by atoms with Gasteiger partial charge >= 0.3 is 0 Å². The molecule has 5 heteroatoms. The van der Waals surface area contributed by atoms with Crippen LogP contribution in [0.1, 0.15) is 24.0 Å². The lowest BCUT2D eigenvalue weighted by Gasteiger charge is -2.15. The summed E-state index contributed by atoms with van der Waals surface area (Å²) in [6.45, 7) is 1.24. The maximum absolute atomic E-state index is 13.1. The quantitative estimate of drug-likeness (QED) is 0.879. The molecule has 1 heterocycles. The van der Waals surface area contributed by atoms with Crippen molar-refractivity contribution in [2.75, 3.05) is 18.0 Å². The van der Waals surface area contributed by atoms with Gasteiger partial charge in [-0.3, -0.25) is 9.59 Å². The van der Waals surface area contributed by atoms with Crippen LogP contribution in [0.25, 0.3) is 0 Å². The van der Waals surface area contributed by atoms with E-state index in [1.165, 1.54) is 12.1 Å². The van der Waals surface area contributed by atoms with Crippen LogP contribution >= 0.6 is 0 Å². The number of carbonyl (C=O) groups excluding carboxylic acids is 2. The van der Waals surface area contributed by atoms with E-state index in [0.29, 0.717) is 19.4 Å². The van der Waals surface area contributed by atoms with Crippen molar-refractivity contribution in [3.8, 4) is 0 Å². The summed E-state index contributed by atoms with van der Waals surface area (Å²) in [5.41, 5.74) is 2.65. The second-order valence-corrected chi connectivity index (χ2v) is 6.22. The Morgan fingerprint density at radius 1 is 1.12 bits per heavy atom. The van der Waals surface area contributed by atoms with E-state index in [1.54, 1.807) is 11.0 Å². The number of hydrogen-bond acceptors (Lipinski definition) is 2. The van der Waals surface area contributed by atoms with Gasteiger partial charge in [0.05, 0.1) is 6.42 Å². The van der Waals surface area contributed by atoms with E-state index in [4.69, 9.17) is 0 Å². The predicted octanol–water partition coefficient (Wildman–Crippen LogP) is 2.85. The van der Waals surface area contributed by atoms with E-state index in [0.717, 1.165) is 29.8 Å². The molecule has 2 aromatic rings. The molecule has 0 spiro atoms. The zero-order valence-corrected chi connectivity index (χ0v) is 14.0. The molecule has 1 aliphatic rings. The maximum Gasteiger partial charge on any atom is 0.227 e. The summed E-state index contributed by atoms with van der Waals surface area (Å²) in [5, 5.41) is 2.85. The van der Waals surface area contributed by atoms with Crippen molar-refractivity contribution < 1.29 is 14.0 Å². The molecule has 4 nitrogen and oxygen atoms in total. The Morgan fingerprint density at radius 3 is 2.60 bits per heavy atom. The van der Waals surface area contributed by atoms with E-state index < -0.39 is 0 Å². The van der Waals surface area contributed by atoms with E-state index in [9.17, 15) is 14.0 Å². The van der Waals surface area contributed by atoms with Crippen molar-refractivity contribution in [1.29, 1.82) is 0 Å². The molecule has 0 atom stereocenters. The van der Waals surface area contributed by atoms with Gasteiger partial charge in [0.25, 0.3) is 0 Å². The molecule has 1 fully saturated rings. The Kier molecular flexibility index (Phi) is 5.43. The van der Waals surface area contributed by atoms with E-state index >= 15 is 0 Å². The lowest BCUT2D eigenvalue weighted by molar-refractivity contribution is -0.120. The number of benzene rings is 2. The Hall–Kier alpha value is -2.69. The van der Waals surface area contributed by atoms with Crippen LogP contribution in [0.5, 0.6) is 0 Å². The first kappa shape index (κ1) is 17.1. The molecule has 0 bridgehead atoms. The van der Waals surface area contributed by atoms with Crippen molar-refractivity contribution in [2.45, 2.75) is 25.7 Å². The Morgan fingerprint density at radius 2 is 1.92 bits per heavy atom. The number of hydrogen-bond donors (Lipinski definition) is 1. The van der Waals surface area contributed by atoms with Gasteiger partial charge in [-0.25, -0.2) is 4.39 Å². The molecule has 1 saturated heterocycles. The normalized spacial score (nSPS) is 14.0. The summed E-state index contributed by atoms with van der Waals surface area (Å²) in [6, 6.07) is 13.9.